The number of nitrogens with one attached hydrogen (secondary N) is 3. The number of amides is 2. The lowest BCUT2D eigenvalue weighted by Gasteiger charge is -2.25. The van der Waals surface area contributed by atoms with Crippen molar-refractivity contribution in [3.05, 3.63) is 24.0 Å². The van der Waals surface area contributed by atoms with E-state index in [4.69, 9.17) is 4.74 Å². The number of H-pyrrole nitrogens is 1. The number of ketones is 2. The molecule has 8 nitrogen and oxygen atoms in total. The number of rotatable bonds is 8. The number of aromatic amines is 1. The summed E-state index contributed by atoms with van der Waals surface area (Å²) in [5, 5.41) is 5.04. The van der Waals surface area contributed by atoms with Gasteiger partial charge in [0, 0.05) is 37.2 Å². The van der Waals surface area contributed by atoms with Gasteiger partial charge in [0.15, 0.2) is 5.78 Å². The smallest absolute Gasteiger partial charge is 0.407 e. The van der Waals surface area contributed by atoms with Crippen molar-refractivity contribution in [1.82, 2.24) is 15.6 Å². The highest BCUT2D eigenvalue weighted by atomic mass is 16.5. The molecule has 142 valence electrons. The summed E-state index contributed by atoms with van der Waals surface area (Å²) in [4.78, 5) is 50.8. The Hall–Kier alpha value is -2.64. The van der Waals surface area contributed by atoms with E-state index in [2.05, 4.69) is 15.6 Å². The summed E-state index contributed by atoms with van der Waals surface area (Å²) in [6.07, 6.45) is 2.04. The monoisotopic (exact) mass is 363 g/mol. The van der Waals surface area contributed by atoms with Gasteiger partial charge in [-0.15, -0.1) is 0 Å². The fraction of sp³-hybridized carbons (Fsp3) is 0.556. The molecule has 0 spiro atoms. The molecule has 1 aromatic rings. The molecule has 2 amide bonds. The lowest BCUT2D eigenvalue weighted by atomic mass is 9.87. The van der Waals surface area contributed by atoms with Crippen LogP contribution >= 0.6 is 0 Å². The lowest BCUT2D eigenvalue weighted by molar-refractivity contribution is -0.143. The molecular weight excluding hydrogens is 338 g/mol. The Morgan fingerprint density at radius 1 is 1.35 bits per heavy atom. The molecule has 0 radical (unpaired) electrons. The van der Waals surface area contributed by atoms with Crippen LogP contribution in [0.2, 0.25) is 0 Å². The number of alkyl carbamates (subject to hydrolysis) is 1. The van der Waals surface area contributed by atoms with Crippen molar-refractivity contribution in [2.24, 2.45) is 11.8 Å². The van der Waals surface area contributed by atoms with E-state index in [1.807, 2.05) is 12.1 Å². The van der Waals surface area contributed by atoms with Gasteiger partial charge in [-0.05, 0) is 24.5 Å². The highest BCUT2D eigenvalue weighted by Crippen LogP contribution is 2.17. The first kappa shape index (κ1) is 19.7. The van der Waals surface area contributed by atoms with E-state index in [0.717, 1.165) is 5.69 Å². The summed E-state index contributed by atoms with van der Waals surface area (Å²) < 4.78 is 5.12. The van der Waals surface area contributed by atoms with Crippen LogP contribution in [0.15, 0.2) is 18.3 Å². The van der Waals surface area contributed by atoms with Crippen molar-refractivity contribution in [3.8, 4) is 0 Å². The number of hydrogen-bond donors (Lipinski definition) is 3. The average molecular weight is 363 g/mol. The van der Waals surface area contributed by atoms with Crippen molar-refractivity contribution < 1.29 is 23.9 Å². The minimum absolute atomic E-state index is 0.0577. The van der Waals surface area contributed by atoms with Crippen LogP contribution in [0.5, 0.6) is 0 Å². The maximum Gasteiger partial charge on any atom is 0.407 e. The van der Waals surface area contributed by atoms with E-state index in [9.17, 15) is 19.2 Å². The molecule has 26 heavy (non-hydrogen) atoms. The van der Waals surface area contributed by atoms with Gasteiger partial charge in [0.1, 0.15) is 0 Å². The van der Waals surface area contributed by atoms with E-state index in [1.165, 1.54) is 0 Å². The van der Waals surface area contributed by atoms with E-state index >= 15 is 0 Å². The molecule has 1 aromatic heterocycles. The second kappa shape index (κ2) is 9.17. The van der Waals surface area contributed by atoms with Crippen LogP contribution < -0.4 is 10.6 Å². The molecule has 0 saturated carbocycles. The average Bonchev–Trinajstić information content (AvgIpc) is 3.10. The highest BCUT2D eigenvalue weighted by molar-refractivity contribution is 6.37. The van der Waals surface area contributed by atoms with E-state index in [-0.39, 0.29) is 24.7 Å². The van der Waals surface area contributed by atoms with E-state index in [1.54, 1.807) is 20.0 Å². The molecule has 0 aromatic carbocycles. The summed E-state index contributed by atoms with van der Waals surface area (Å²) >= 11 is 0. The number of aromatic nitrogens is 1. The predicted octanol–water partition coefficient (Wildman–Crippen LogP) is 0.972. The third-order valence-corrected chi connectivity index (χ3v) is 4.37. The zero-order chi connectivity index (χ0) is 19.1. The largest absolute Gasteiger partial charge is 0.449 e. The number of carbonyl (C=O) groups is 4. The van der Waals surface area contributed by atoms with Gasteiger partial charge in [-0.25, -0.2) is 4.79 Å². The summed E-state index contributed by atoms with van der Waals surface area (Å²) in [7, 11) is 0. The number of piperidine rings is 1. The van der Waals surface area contributed by atoms with Gasteiger partial charge in [0.25, 0.3) is 5.91 Å². The first-order valence-corrected chi connectivity index (χ1v) is 8.78. The predicted molar refractivity (Wildman–Crippen MR) is 93.4 cm³/mol. The zero-order valence-corrected chi connectivity index (χ0v) is 15.0. The molecule has 1 aliphatic heterocycles. The molecule has 0 aliphatic carbocycles. The fourth-order valence-corrected chi connectivity index (χ4v) is 2.89. The molecule has 2 heterocycles. The van der Waals surface area contributed by atoms with Gasteiger partial charge in [0.05, 0.1) is 12.6 Å². The zero-order valence-electron chi connectivity index (χ0n) is 15.0. The van der Waals surface area contributed by atoms with Gasteiger partial charge in [-0.3, -0.25) is 14.4 Å². The van der Waals surface area contributed by atoms with Crippen molar-refractivity contribution in [1.29, 1.82) is 0 Å². The topological polar surface area (TPSA) is 117 Å². The van der Waals surface area contributed by atoms with Crippen LogP contribution in [0, 0.1) is 11.8 Å². The highest BCUT2D eigenvalue weighted by Gasteiger charge is 2.34. The number of ether oxygens (including phenoxy) is 1. The van der Waals surface area contributed by atoms with E-state index < -0.39 is 29.7 Å². The number of hydrogen-bond acceptors (Lipinski definition) is 5. The first-order chi connectivity index (χ1) is 12.4. The molecule has 3 N–H and O–H groups in total. The van der Waals surface area contributed by atoms with Crippen LogP contribution in [0.3, 0.4) is 0 Å². The quantitative estimate of drug-likeness (QED) is 0.595. The van der Waals surface area contributed by atoms with Gasteiger partial charge in [-0.2, -0.15) is 0 Å². The van der Waals surface area contributed by atoms with Crippen LogP contribution in [0.4, 0.5) is 4.79 Å². The Labute approximate surface area is 152 Å². The normalized spacial score (nSPS) is 18.3. The molecule has 1 saturated heterocycles. The molecular formula is C18H25N3O5. The molecule has 1 fully saturated rings. The molecule has 2 atom stereocenters. The van der Waals surface area contributed by atoms with Gasteiger partial charge >= 0.3 is 6.09 Å². The first-order valence-electron chi connectivity index (χ1n) is 8.78. The van der Waals surface area contributed by atoms with Crippen LogP contribution in [-0.2, 0) is 25.5 Å². The van der Waals surface area contributed by atoms with Crippen molar-refractivity contribution in [3.63, 3.8) is 0 Å². The second-order valence-corrected chi connectivity index (χ2v) is 6.72. The van der Waals surface area contributed by atoms with Gasteiger partial charge in [-0.1, -0.05) is 13.8 Å². The van der Waals surface area contributed by atoms with Gasteiger partial charge in [0.2, 0.25) is 5.78 Å². The third kappa shape index (κ3) is 5.44. The minimum atomic E-state index is -0.759. The molecule has 2 rings (SSSR count). The Kier molecular flexibility index (Phi) is 6.94. The Bertz CT molecular complexity index is 654. The maximum absolute atomic E-state index is 12.5. The Morgan fingerprint density at radius 2 is 2.12 bits per heavy atom. The standard InChI is InChI=1S/C18H25N3O5/c1-11(2)15(14(22)10-12-5-8-20-17(24)16(12)23)21-18(25)26-9-6-13-4-3-7-19-13/h3-4,7,11-12,15,19H,5-6,8-10H2,1-2H3,(H,20,24)(H,21,25). The third-order valence-electron chi connectivity index (χ3n) is 4.37. The fourth-order valence-electron chi connectivity index (χ4n) is 2.89. The summed E-state index contributed by atoms with van der Waals surface area (Å²) in [5.41, 5.74) is 0.948. The second-order valence-electron chi connectivity index (χ2n) is 6.72. The Balaban J connectivity index is 1.84. The number of carbonyl (C=O) groups excluding carboxylic acids is 4. The van der Waals surface area contributed by atoms with Crippen LogP contribution in [0.25, 0.3) is 0 Å². The van der Waals surface area contributed by atoms with Crippen LogP contribution in [-0.4, -0.2) is 47.7 Å². The molecule has 0 bridgehead atoms. The lowest BCUT2D eigenvalue weighted by Crippen LogP contribution is -2.48. The molecule has 1 aliphatic rings. The van der Waals surface area contributed by atoms with Crippen molar-refractivity contribution in [2.45, 2.75) is 39.2 Å². The summed E-state index contributed by atoms with van der Waals surface area (Å²) in [6.45, 7) is 4.17. The minimum Gasteiger partial charge on any atom is -0.449 e. The molecule has 8 heteroatoms. The van der Waals surface area contributed by atoms with Crippen molar-refractivity contribution >= 4 is 23.6 Å². The van der Waals surface area contributed by atoms with E-state index in [0.29, 0.717) is 19.4 Å². The van der Waals surface area contributed by atoms with Gasteiger partial charge < -0.3 is 20.4 Å². The summed E-state index contributed by atoms with van der Waals surface area (Å²) in [6, 6.07) is 2.99. The number of Topliss-reactive ketones (excluding diaryl/α,β-unsaturated/α-hetero) is 2. The summed E-state index contributed by atoms with van der Waals surface area (Å²) in [5.74, 6) is -2.27. The maximum atomic E-state index is 12.5. The molecule has 2 unspecified atom stereocenters. The van der Waals surface area contributed by atoms with Crippen LogP contribution in [0.1, 0.15) is 32.4 Å². The SMILES string of the molecule is CC(C)C(NC(=O)OCCc1ccc[nH]1)C(=O)CC1CCNC(=O)C1=O. The van der Waals surface area contributed by atoms with Crippen molar-refractivity contribution in [2.75, 3.05) is 13.2 Å². The Morgan fingerprint density at radius 3 is 2.77 bits per heavy atom.